The van der Waals surface area contributed by atoms with Gasteiger partial charge in [-0.25, -0.2) is 0 Å². The van der Waals surface area contributed by atoms with Gasteiger partial charge in [-0.1, -0.05) is 18.2 Å². The molecule has 0 radical (unpaired) electrons. The van der Waals surface area contributed by atoms with Crippen LogP contribution in [0, 0.1) is 0 Å². The average Bonchev–Trinajstić information content (AvgIpc) is 2.60. The van der Waals surface area contributed by atoms with Gasteiger partial charge in [0.15, 0.2) is 5.38 Å². The third-order valence-corrected chi connectivity index (χ3v) is 3.22. The molecule has 1 aromatic rings. The number of carbonyl (C=O) groups is 1. The summed E-state index contributed by atoms with van der Waals surface area (Å²) in [5.41, 5.74) is 1.52. The maximum absolute atomic E-state index is 11.5. The van der Waals surface area contributed by atoms with Gasteiger partial charge in [0.2, 0.25) is 0 Å². The number of benzene rings is 1. The molecule has 0 fully saturated rings. The van der Waals surface area contributed by atoms with E-state index in [0.717, 1.165) is 17.7 Å². The van der Waals surface area contributed by atoms with Crippen LogP contribution in [0.4, 0.5) is 0 Å². The fourth-order valence-corrected chi connectivity index (χ4v) is 2.33. The van der Waals surface area contributed by atoms with Gasteiger partial charge in [0.05, 0.1) is 7.11 Å². The maximum atomic E-state index is 11.5. The molecule has 1 aliphatic heterocycles. The van der Waals surface area contributed by atoms with Crippen molar-refractivity contribution in [3.8, 4) is 5.75 Å². The predicted molar refractivity (Wildman–Crippen MR) is 65.5 cm³/mol. The molecule has 1 aliphatic rings. The van der Waals surface area contributed by atoms with E-state index in [4.69, 9.17) is 16.3 Å². The van der Waals surface area contributed by atoms with E-state index in [1.54, 1.807) is 6.07 Å². The molecule has 1 aromatic carbocycles. The normalized spacial score (nSPS) is 18.1. The predicted octanol–water partition coefficient (Wildman–Crippen LogP) is 2.85. The van der Waals surface area contributed by atoms with Crippen LogP contribution in [0.5, 0.6) is 5.75 Å². The minimum absolute atomic E-state index is 0.245. The Morgan fingerprint density at radius 3 is 2.88 bits per heavy atom. The van der Waals surface area contributed by atoms with Gasteiger partial charge in [0.25, 0.3) is 0 Å². The third kappa shape index (κ3) is 2.25. The second-order valence-electron chi connectivity index (χ2n) is 4.76. The Morgan fingerprint density at radius 1 is 1.53 bits per heavy atom. The number of hydrogen-bond donors (Lipinski definition) is 0. The van der Waals surface area contributed by atoms with E-state index in [1.807, 2.05) is 26.0 Å². The molecule has 0 aromatic heterocycles. The molecule has 0 amide bonds. The quantitative estimate of drug-likeness (QED) is 0.601. The summed E-state index contributed by atoms with van der Waals surface area (Å²) in [6.45, 7) is 4.02. The van der Waals surface area contributed by atoms with E-state index < -0.39 is 11.3 Å². The van der Waals surface area contributed by atoms with Crippen molar-refractivity contribution >= 4 is 17.6 Å². The number of alkyl halides is 1. The van der Waals surface area contributed by atoms with Crippen LogP contribution in [-0.4, -0.2) is 18.7 Å². The highest BCUT2D eigenvalue weighted by atomic mass is 35.5. The molecule has 4 heteroatoms. The van der Waals surface area contributed by atoms with Gasteiger partial charge in [-0.15, -0.1) is 11.6 Å². The number of esters is 1. The lowest BCUT2D eigenvalue weighted by Crippen LogP contribution is -2.25. The van der Waals surface area contributed by atoms with Crippen molar-refractivity contribution in [3.05, 3.63) is 29.3 Å². The van der Waals surface area contributed by atoms with Crippen molar-refractivity contribution in [2.45, 2.75) is 31.2 Å². The average molecular weight is 255 g/mol. The molecule has 0 spiro atoms. The topological polar surface area (TPSA) is 35.5 Å². The van der Waals surface area contributed by atoms with Gasteiger partial charge in [0.1, 0.15) is 11.4 Å². The maximum Gasteiger partial charge on any atom is 0.328 e. The molecule has 2 rings (SSSR count). The summed E-state index contributed by atoms with van der Waals surface area (Å²) in [5, 5.41) is -0.816. The second kappa shape index (κ2) is 4.22. The first-order chi connectivity index (χ1) is 7.94. The van der Waals surface area contributed by atoms with E-state index in [1.165, 1.54) is 7.11 Å². The van der Waals surface area contributed by atoms with Crippen molar-refractivity contribution in [3.63, 3.8) is 0 Å². The molecular formula is C13H15ClO3. The van der Waals surface area contributed by atoms with Crippen molar-refractivity contribution in [1.82, 2.24) is 0 Å². The number of ether oxygens (including phenoxy) is 2. The highest BCUT2D eigenvalue weighted by molar-refractivity contribution is 6.30. The lowest BCUT2D eigenvalue weighted by atomic mass is 10.00. The molecule has 0 saturated carbocycles. The first kappa shape index (κ1) is 12.2. The summed E-state index contributed by atoms with van der Waals surface area (Å²) >= 11 is 6.08. The molecule has 1 atom stereocenters. The van der Waals surface area contributed by atoms with Crippen LogP contribution in [0.2, 0.25) is 0 Å². The Bertz CT molecular complexity index is 454. The summed E-state index contributed by atoms with van der Waals surface area (Å²) in [6.07, 6.45) is 0.820. The minimum Gasteiger partial charge on any atom is -0.487 e. The molecule has 0 bridgehead atoms. The number of halogens is 1. The summed E-state index contributed by atoms with van der Waals surface area (Å²) in [4.78, 5) is 11.5. The smallest absolute Gasteiger partial charge is 0.328 e. The van der Waals surface area contributed by atoms with Gasteiger partial charge in [-0.3, -0.25) is 4.79 Å². The van der Waals surface area contributed by atoms with Crippen LogP contribution in [0.3, 0.4) is 0 Å². The zero-order valence-corrected chi connectivity index (χ0v) is 10.9. The highest BCUT2D eigenvalue weighted by Gasteiger charge is 2.34. The van der Waals surface area contributed by atoms with Crippen molar-refractivity contribution in [2.75, 3.05) is 7.11 Å². The molecule has 3 nitrogen and oxygen atoms in total. The molecule has 17 heavy (non-hydrogen) atoms. The number of fused-ring (bicyclic) bond motifs is 1. The summed E-state index contributed by atoms with van der Waals surface area (Å²) in [5.74, 6) is 0.260. The number of para-hydroxylation sites is 1. The number of rotatable bonds is 2. The zero-order valence-electron chi connectivity index (χ0n) is 10.1. The molecule has 0 aliphatic carbocycles. The Balaban J connectivity index is 2.39. The molecule has 0 N–H and O–H groups in total. The first-order valence-electron chi connectivity index (χ1n) is 5.47. The first-order valence-corrected chi connectivity index (χ1v) is 5.91. The Kier molecular flexibility index (Phi) is 3.04. The van der Waals surface area contributed by atoms with Crippen LogP contribution in [0.1, 0.15) is 30.4 Å². The van der Waals surface area contributed by atoms with E-state index in [9.17, 15) is 4.79 Å². The van der Waals surface area contributed by atoms with Gasteiger partial charge >= 0.3 is 5.97 Å². The highest BCUT2D eigenvalue weighted by Crippen LogP contribution is 2.41. The number of carbonyl (C=O) groups excluding carboxylic acids is 1. The fourth-order valence-electron chi connectivity index (χ4n) is 2.07. The van der Waals surface area contributed by atoms with Crippen molar-refractivity contribution in [1.29, 1.82) is 0 Å². The lowest BCUT2D eigenvalue weighted by Gasteiger charge is -2.19. The SMILES string of the molecule is COC(=O)C(Cl)c1cccc2c1OC(C)(C)C2. The van der Waals surface area contributed by atoms with Crippen LogP contribution >= 0.6 is 11.6 Å². The Hall–Kier alpha value is -1.22. The fraction of sp³-hybridized carbons (Fsp3) is 0.462. The van der Waals surface area contributed by atoms with E-state index >= 15 is 0 Å². The second-order valence-corrected chi connectivity index (χ2v) is 5.20. The molecule has 1 heterocycles. The molecule has 92 valence electrons. The van der Waals surface area contributed by atoms with E-state index in [0.29, 0.717) is 5.56 Å². The molecule has 1 unspecified atom stereocenters. The summed E-state index contributed by atoms with van der Waals surface area (Å²) < 4.78 is 10.5. The minimum atomic E-state index is -0.816. The van der Waals surface area contributed by atoms with Crippen LogP contribution in [0.25, 0.3) is 0 Å². The number of hydrogen-bond acceptors (Lipinski definition) is 3. The summed E-state index contributed by atoms with van der Waals surface area (Å²) in [6, 6.07) is 5.68. The third-order valence-electron chi connectivity index (χ3n) is 2.80. The largest absolute Gasteiger partial charge is 0.487 e. The Morgan fingerprint density at radius 2 is 2.24 bits per heavy atom. The van der Waals surface area contributed by atoms with Gasteiger partial charge in [-0.05, 0) is 19.4 Å². The summed E-state index contributed by atoms with van der Waals surface area (Å²) in [7, 11) is 1.33. The molecule has 0 saturated heterocycles. The standard InChI is InChI=1S/C13H15ClO3/c1-13(2)7-8-5-4-6-9(11(8)17-13)10(14)12(15)16-3/h4-6,10H,7H2,1-3H3. The van der Waals surface area contributed by atoms with Crippen LogP contribution in [0.15, 0.2) is 18.2 Å². The Labute approximate surface area is 106 Å². The van der Waals surface area contributed by atoms with Crippen molar-refractivity contribution in [2.24, 2.45) is 0 Å². The van der Waals surface area contributed by atoms with E-state index in [-0.39, 0.29) is 5.60 Å². The molecular weight excluding hydrogens is 240 g/mol. The van der Waals surface area contributed by atoms with Gasteiger partial charge in [-0.2, -0.15) is 0 Å². The monoisotopic (exact) mass is 254 g/mol. The van der Waals surface area contributed by atoms with Crippen molar-refractivity contribution < 1.29 is 14.3 Å². The van der Waals surface area contributed by atoms with E-state index in [2.05, 4.69) is 4.74 Å². The van der Waals surface area contributed by atoms with Crippen LogP contribution < -0.4 is 4.74 Å². The number of methoxy groups -OCH3 is 1. The van der Waals surface area contributed by atoms with Gasteiger partial charge < -0.3 is 9.47 Å². The zero-order chi connectivity index (χ0) is 12.6. The lowest BCUT2D eigenvalue weighted by molar-refractivity contribution is -0.140. The van der Waals surface area contributed by atoms with Gasteiger partial charge in [0, 0.05) is 12.0 Å². The van der Waals surface area contributed by atoms with Crippen LogP contribution in [-0.2, 0) is 16.0 Å².